The van der Waals surface area contributed by atoms with Crippen LogP contribution in [0.5, 0.6) is 0 Å². The standard InChI is InChI=1S/C54H52/c1-21-17-25(5)39-43-29(9)31(11)47-45-34(14)36(16)50-48(46(45)33(13)35(15)49(47)53(43)41-27(7)19-23(3)37(21)51(39)41)32(12)30(10)44-40-26(6)18-22(2)38-24(4)20-28(8)42(52(38)40)54(44)50/h17-20H,1-16H3/i17D,18D,19D,20D. The maximum Gasteiger partial charge on any atom is 0.0629 e. The Morgan fingerprint density at radius 3 is 0.722 bits per heavy atom. The average Bonchev–Trinajstić information content (AvgIpc) is 3.72. The maximum atomic E-state index is 9.43. The van der Waals surface area contributed by atoms with Crippen LogP contribution in [-0.2, 0) is 0 Å². The molecular formula is C54H52. The van der Waals surface area contributed by atoms with E-state index in [1.807, 2.05) is 0 Å². The first-order valence-corrected chi connectivity index (χ1v) is 19.8. The molecule has 10 rings (SSSR count). The second-order valence-electron chi connectivity index (χ2n) is 17.2. The van der Waals surface area contributed by atoms with Crippen LogP contribution in [0.4, 0.5) is 0 Å². The van der Waals surface area contributed by atoms with Gasteiger partial charge in [0.2, 0.25) is 0 Å². The van der Waals surface area contributed by atoms with E-state index in [9.17, 15) is 5.48 Å². The second-order valence-corrected chi connectivity index (χ2v) is 17.2. The van der Waals surface area contributed by atoms with E-state index < -0.39 is 0 Å². The molecule has 0 fully saturated rings. The lowest BCUT2D eigenvalue weighted by Crippen LogP contribution is -2.03. The molecule has 0 heteroatoms. The summed E-state index contributed by atoms with van der Waals surface area (Å²) in [5.41, 5.74) is 27.8. The monoisotopic (exact) mass is 704 g/mol. The van der Waals surface area contributed by atoms with Crippen molar-refractivity contribution in [2.75, 3.05) is 0 Å². The predicted molar refractivity (Wildman–Crippen MR) is 239 cm³/mol. The summed E-state index contributed by atoms with van der Waals surface area (Å²) in [6.07, 6.45) is 0. The van der Waals surface area contributed by atoms with Crippen molar-refractivity contribution in [3.8, 4) is 44.5 Å². The SMILES string of the molecule is [2H]c1c(C)c2c3c(c(C)c([2H])c(C)c3c1C)-c1c-2c(C)c(C)c2c1c(C)c(C)c1c3c(C)c(C)c4c(c3c(C)c(C)c21)-c1c(C)c([2H])c(C)c2c(C)c([2H])c(C)c-4c12. The number of rotatable bonds is 0. The van der Waals surface area contributed by atoms with Crippen molar-refractivity contribution in [1.82, 2.24) is 0 Å². The van der Waals surface area contributed by atoms with E-state index in [0.29, 0.717) is 24.2 Å². The van der Waals surface area contributed by atoms with Gasteiger partial charge in [-0.15, -0.1) is 0 Å². The van der Waals surface area contributed by atoms with Crippen molar-refractivity contribution in [3.05, 3.63) is 113 Å². The van der Waals surface area contributed by atoms with Gasteiger partial charge in [0.25, 0.3) is 0 Å². The van der Waals surface area contributed by atoms with E-state index in [1.54, 1.807) is 0 Å². The average molecular weight is 705 g/mol. The summed E-state index contributed by atoms with van der Waals surface area (Å²) in [5.74, 6) is 0. The Labute approximate surface area is 326 Å². The van der Waals surface area contributed by atoms with Gasteiger partial charge in [0.1, 0.15) is 0 Å². The summed E-state index contributed by atoms with van der Waals surface area (Å²) in [6, 6.07) is 2.31. The third kappa shape index (κ3) is 3.58. The molecule has 0 unspecified atom stereocenters. The van der Waals surface area contributed by atoms with Gasteiger partial charge in [0, 0.05) is 0 Å². The zero-order valence-corrected chi connectivity index (χ0v) is 35.0. The Morgan fingerprint density at radius 1 is 0.204 bits per heavy atom. The summed E-state index contributed by atoms with van der Waals surface area (Å²) in [5, 5.41) is 12.4. The molecule has 0 heterocycles. The number of hydrogen-bond donors (Lipinski definition) is 0. The summed E-state index contributed by atoms with van der Waals surface area (Å²) in [6.45, 7) is 35.3. The molecule has 8 aromatic rings. The Balaban J connectivity index is 1.48. The molecule has 2 aliphatic carbocycles. The minimum Gasteiger partial charge on any atom is -0.0551 e. The summed E-state index contributed by atoms with van der Waals surface area (Å²) >= 11 is 0. The fraction of sp³-hybridized carbons (Fsp3) is 0.296. The highest BCUT2D eigenvalue weighted by atomic mass is 14.4. The van der Waals surface area contributed by atoms with Gasteiger partial charge in [-0.3, -0.25) is 0 Å². The van der Waals surface area contributed by atoms with Crippen LogP contribution in [-0.4, -0.2) is 0 Å². The number of hydrogen-bond acceptors (Lipinski definition) is 0. The molecule has 0 radical (unpaired) electrons. The lowest BCUT2D eigenvalue weighted by Gasteiger charge is -2.27. The van der Waals surface area contributed by atoms with Gasteiger partial charge >= 0.3 is 0 Å². The van der Waals surface area contributed by atoms with Crippen LogP contribution < -0.4 is 0 Å². The van der Waals surface area contributed by atoms with Crippen LogP contribution in [0.15, 0.2) is 24.2 Å². The van der Waals surface area contributed by atoms with Gasteiger partial charge in [-0.25, -0.2) is 0 Å². The van der Waals surface area contributed by atoms with Gasteiger partial charge in [-0.1, -0.05) is 24.2 Å². The van der Waals surface area contributed by atoms with Crippen LogP contribution in [0, 0.1) is 111 Å². The lowest BCUT2D eigenvalue weighted by molar-refractivity contribution is 1.33. The zero-order chi connectivity index (χ0) is 41.9. The van der Waals surface area contributed by atoms with Crippen LogP contribution in [0.2, 0.25) is 0 Å². The fourth-order valence-electron chi connectivity index (χ4n) is 11.9. The molecule has 0 saturated carbocycles. The number of fused-ring (bicyclic) bond motifs is 13. The minimum absolute atomic E-state index is 0.576. The highest BCUT2D eigenvalue weighted by Gasteiger charge is 2.35. The van der Waals surface area contributed by atoms with Gasteiger partial charge in [-0.2, -0.15) is 0 Å². The molecular weight excluding hydrogens is 649 g/mol. The molecule has 0 bridgehead atoms. The highest BCUT2D eigenvalue weighted by Crippen LogP contribution is 2.61. The first kappa shape index (κ1) is 29.4. The smallest absolute Gasteiger partial charge is 0.0551 e. The molecule has 2 aliphatic rings. The topological polar surface area (TPSA) is 0 Å². The molecule has 0 amide bonds. The van der Waals surface area contributed by atoms with Crippen molar-refractivity contribution in [2.24, 2.45) is 0 Å². The largest absolute Gasteiger partial charge is 0.0629 e. The fourth-order valence-corrected chi connectivity index (χ4v) is 11.9. The molecule has 0 N–H and O–H groups in total. The number of benzene rings is 8. The van der Waals surface area contributed by atoms with Crippen LogP contribution in [0.25, 0.3) is 98.4 Å². The van der Waals surface area contributed by atoms with Gasteiger partial charge in [0.05, 0.1) is 5.48 Å². The summed E-state index contributed by atoms with van der Waals surface area (Å²) < 4.78 is 37.5. The van der Waals surface area contributed by atoms with E-state index >= 15 is 0 Å². The Bertz CT molecular complexity index is 3220. The molecule has 0 atom stereocenters. The van der Waals surface area contributed by atoms with Crippen molar-refractivity contribution in [3.63, 3.8) is 0 Å². The Morgan fingerprint density at radius 2 is 0.426 bits per heavy atom. The molecule has 0 saturated heterocycles. The first-order chi connectivity index (χ1) is 27.2. The predicted octanol–water partition coefficient (Wildman–Crippen LogP) is 15.7. The van der Waals surface area contributed by atoms with Crippen LogP contribution in [0.3, 0.4) is 0 Å². The molecule has 0 spiro atoms. The Hall–Kier alpha value is -4.94. The Kier molecular flexibility index (Phi) is 5.68. The maximum absolute atomic E-state index is 9.43. The van der Waals surface area contributed by atoms with E-state index in [-0.39, 0.29) is 0 Å². The van der Waals surface area contributed by atoms with Crippen molar-refractivity contribution < 1.29 is 5.48 Å². The second kappa shape index (κ2) is 10.4. The van der Waals surface area contributed by atoms with E-state index in [2.05, 4.69) is 111 Å². The van der Waals surface area contributed by atoms with E-state index in [4.69, 9.17) is 0 Å². The van der Waals surface area contributed by atoms with E-state index in [0.717, 1.165) is 55.3 Å². The molecule has 54 heavy (non-hydrogen) atoms. The van der Waals surface area contributed by atoms with Crippen molar-refractivity contribution >= 4 is 53.9 Å². The summed E-state index contributed by atoms with van der Waals surface area (Å²) in [4.78, 5) is 0. The summed E-state index contributed by atoms with van der Waals surface area (Å²) in [7, 11) is 0. The van der Waals surface area contributed by atoms with Gasteiger partial charge in [0.15, 0.2) is 0 Å². The third-order valence-electron chi connectivity index (χ3n) is 14.5. The molecule has 0 aliphatic heterocycles. The zero-order valence-electron chi connectivity index (χ0n) is 39.0. The van der Waals surface area contributed by atoms with Crippen LogP contribution >= 0.6 is 0 Å². The minimum atomic E-state index is 0.576. The molecule has 268 valence electrons. The van der Waals surface area contributed by atoms with Gasteiger partial charge in [-0.05, 0) is 298 Å². The quantitative estimate of drug-likeness (QED) is 0.138. The molecule has 0 nitrogen and oxygen atoms in total. The van der Waals surface area contributed by atoms with Crippen LogP contribution in [0.1, 0.15) is 94.5 Å². The van der Waals surface area contributed by atoms with Crippen molar-refractivity contribution in [1.29, 1.82) is 0 Å². The van der Waals surface area contributed by atoms with E-state index in [1.165, 1.54) is 132 Å². The first-order valence-electron chi connectivity index (χ1n) is 21.8. The lowest BCUT2D eigenvalue weighted by atomic mass is 9.76. The van der Waals surface area contributed by atoms with Gasteiger partial charge < -0.3 is 0 Å². The third-order valence-corrected chi connectivity index (χ3v) is 14.5. The molecule has 0 aromatic heterocycles. The van der Waals surface area contributed by atoms with Crippen molar-refractivity contribution in [2.45, 2.75) is 111 Å². The molecule has 8 aromatic carbocycles. The normalized spacial score (nSPS) is 13.9. The number of aryl methyl sites for hydroxylation is 10. The highest BCUT2D eigenvalue weighted by molar-refractivity contribution is 6.34.